The van der Waals surface area contributed by atoms with Crippen LogP contribution < -0.4 is 0 Å². The Balaban J connectivity index is 3.80. The maximum atomic E-state index is 2.79. The van der Waals surface area contributed by atoms with Crippen molar-refractivity contribution in [3.05, 3.63) is 0 Å². The van der Waals surface area contributed by atoms with Crippen LogP contribution in [0.15, 0.2) is 0 Å². The van der Waals surface area contributed by atoms with Crippen LogP contribution in [0.3, 0.4) is 0 Å². The minimum atomic E-state index is 0.881. The molecule has 158 valence electrons. The van der Waals surface area contributed by atoms with Crippen molar-refractivity contribution in [3.8, 4) is 0 Å². The Bertz CT molecular complexity index is 233. The smallest absolute Gasteiger partial charge is 0.00187 e. The molecule has 0 aromatic carbocycles. The molecule has 0 aromatic rings. The van der Waals surface area contributed by atoms with Crippen molar-refractivity contribution < 1.29 is 0 Å². The van der Waals surface area contributed by atoms with Crippen molar-refractivity contribution in [1.82, 2.24) is 4.90 Å². The highest BCUT2D eigenvalue weighted by Gasteiger charge is 2.05. The summed E-state index contributed by atoms with van der Waals surface area (Å²) in [6.45, 7) is 13.4. The maximum absolute atomic E-state index is 2.79. The highest BCUT2D eigenvalue weighted by molar-refractivity contribution is 4.60. The summed E-state index contributed by atoms with van der Waals surface area (Å²) in [7, 11) is 0. The van der Waals surface area contributed by atoms with Crippen LogP contribution in [-0.2, 0) is 0 Å². The Hall–Kier alpha value is -0.0400. The lowest BCUT2D eigenvalue weighted by molar-refractivity contribution is 0.254. The Kier molecular flexibility index (Phi) is 21.2. The molecule has 0 aliphatic carbocycles. The largest absolute Gasteiger partial charge is 0.303 e. The molecule has 0 heterocycles. The third kappa shape index (κ3) is 20.3. The minimum absolute atomic E-state index is 0.881. The van der Waals surface area contributed by atoms with Gasteiger partial charge in [0, 0.05) is 0 Å². The van der Waals surface area contributed by atoms with E-state index in [1.165, 1.54) is 129 Å². The number of hydrogen-bond donors (Lipinski definition) is 0. The molecule has 0 bridgehead atoms. The fourth-order valence-electron chi connectivity index (χ4n) is 3.81. The molecular formula is C25H53N. The topological polar surface area (TPSA) is 3.24 Å². The van der Waals surface area contributed by atoms with Crippen LogP contribution in [0, 0.1) is 5.92 Å². The van der Waals surface area contributed by atoms with E-state index in [1.54, 1.807) is 0 Å². The first-order valence-corrected chi connectivity index (χ1v) is 12.4. The van der Waals surface area contributed by atoms with E-state index < -0.39 is 0 Å². The molecule has 0 aliphatic rings. The van der Waals surface area contributed by atoms with Gasteiger partial charge in [0.1, 0.15) is 0 Å². The van der Waals surface area contributed by atoms with Gasteiger partial charge in [-0.05, 0) is 44.8 Å². The first-order valence-electron chi connectivity index (χ1n) is 12.4. The zero-order valence-corrected chi connectivity index (χ0v) is 19.2. The van der Waals surface area contributed by atoms with Crippen molar-refractivity contribution in [3.63, 3.8) is 0 Å². The van der Waals surface area contributed by atoms with Crippen molar-refractivity contribution in [2.75, 3.05) is 19.6 Å². The standard InChI is InChI=1S/C25H53N/c1-5-7-9-11-14-18-22-26(23-19-15-12-10-8-6-2)24-20-16-13-17-21-25(3)4/h25H,5-24H2,1-4H3. The van der Waals surface area contributed by atoms with E-state index in [-0.39, 0.29) is 0 Å². The SMILES string of the molecule is CCCCCCCCN(CCCCCCCC)CCCCCCC(C)C. The van der Waals surface area contributed by atoms with E-state index in [4.69, 9.17) is 0 Å². The Morgan fingerprint density at radius 2 is 0.808 bits per heavy atom. The zero-order valence-electron chi connectivity index (χ0n) is 19.2. The van der Waals surface area contributed by atoms with Crippen LogP contribution in [0.1, 0.15) is 137 Å². The normalized spacial score (nSPS) is 11.8. The fraction of sp³-hybridized carbons (Fsp3) is 1.00. The van der Waals surface area contributed by atoms with Crippen LogP contribution >= 0.6 is 0 Å². The van der Waals surface area contributed by atoms with Crippen molar-refractivity contribution in [2.45, 2.75) is 137 Å². The number of rotatable bonds is 21. The summed E-state index contributed by atoms with van der Waals surface area (Å²) in [5, 5.41) is 0. The quantitative estimate of drug-likeness (QED) is 0.183. The van der Waals surface area contributed by atoms with Gasteiger partial charge >= 0.3 is 0 Å². The Labute approximate surface area is 167 Å². The molecule has 0 saturated carbocycles. The molecule has 0 aromatic heterocycles. The second-order valence-corrected chi connectivity index (χ2v) is 8.97. The van der Waals surface area contributed by atoms with Gasteiger partial charge in [0.25, 0.3) is 0 Å². The molecule has 0 rings (SSSR count). The van der Waals surface area contributed by atoms with Gasteiger partial charge in [-0.25, -0.2) is 0 Å². The second kappa shape index (κ2) is 21.3. The van der Waals surface area contributed by atoms with Crippen molar-refractivity contribution in [2.24, 2.45) is 5.92 Å². The summed E-state index contributed by atoms with van der Waals surface area (Å²) in [6.07, 6.45) is 24.3. The van der Waals surface area contributed by atoms with E-state index >= 15 is 0 Å². The third-order valence-corrected chi connectivity index (χ3v) is 5.66. The maximum Gasteiger partial charge on any atom is -0.00187 e. The summed E-state index contributed by atoms with van der Waals surface area (Å²) in [5.41, 5.74) is 0. The molecule has 0 amide bonds. The van der Waals surface area contributed by atoms with Crippen LogP contribution in [0.2, 0.25) is 0 Å². The van der Waals surface area contributed by atoms with Gasteiger partial charge in [-0.3, -0.25) is 0 Å². The predicted molar refractivity (Wildman–Crippen MR) is 121 cm³/mol. The lowest BCUT2D eigenvalue weighted by Gasteiger charge is -2.22. The molecular weight excluding hydrogens is 314 g/mol. The summed E-state index contributed by atoms with van der Waals surface area (Å²) >= 11 is 0. The molecule has 0 fully saturated rings. The second-order valence-electron chi connectivity index (χ2n) is 8.97. The van der Waals surface area contributed by atoms with Gasteiger partial charge < -0.3 is 4.90 Å². The third-order valence-electron chi connectivity index (χ3n) is 5.66. The number of nitrogens with zero attached hydrogens (tertiary/aromatic N) is 1. The molecule has 0 N–H and O–H groups in total. The van der Waals surface area contributed by atoms with Crippen LogP contribution in [0.4, 0.5) is 0 Å². The lowest BCUT2D eigenvalue weighted by Crippen LogP contribution is -2.27. The monoisotopic (exact) mass is 367 g/mol. The predicted octanol–water partition coefficient (Wildman–Crippen LogP) is 8.62. The van der Waals surface area contributed by atoms with E-state index in [2.05, 4.69) is 32.6 Å². The molecule has 0 saturated heterocycles. The van der Waals surface area contributed by atoms with Gasteiger partial charge in [-0.1, -0.05) is 118 Å². The summed E-state index contributed by atoms with van der Waals surface area (Å²) in [5.74, 6) is 0.881. The van der Waals surface area contributed by atoms with Gasteiger partial charge in [-0.2, -0.15) is 0 Å². The highest BCUT2D eigenvalue weighted by atomic mass is 15.1. The van der Waals surface area contributed by atoms with Gasteiger partial charge in [0.15, 0.2) is 0 Å². The molecule has 1 nitrogen and oxygen atoms in total. The highest BCUT2D eigenvalue weighted by Crippen LogP contribution is 2.12. The minimum Gasteiger partial charge on any atom is -0.303 e. The average Bonchev–Trinajstić information content (AvgIpc) is 2.62. The van der Waals surface area contributed by atoms with Crippen molar-refractivity contribution >= 4 is 0 Å². The lowest BCUT2D eigenvalue weighted by atomic mass is 10.0. The van der Waals surface area contributed by atoms with E-state index in [0.29, 0.717) is 0 Å². The summed E-state index contributed by atoms with van der Waals surface area (Å²) in [4.78, 5) is 2.79. The first-order chi connectivity index (χ1) is 12.7. The van der Waals surface area contributed by atoms with Crippen molar-refractivity contribution in [1.29, 1.82) is 0 Å². The van der Waals surface area contributed by atoms with E-state index in [1.807, 2.05) is 0 Å². The van der Waals surface area contributed by atoms with Crippen LogP contribution in [-0.4, -0.2) is 24.5 Å². The molecule has 0 spiro atoms. The molecule has 0 atom stereocenters. The van der Waals surface area contributed by atoms with E-state index in [0.717, 1.165) is 5.92 Å². The molecule has 0 unspecified atom stereocenters. The Morgan fingerprint density at radius 3 is 1.19 bits per heavy atom. The molecule has 26 heavy (non-hydrogen) atoms. The summed E-state index contributed by atoms with van der Waals surface area (Å²) < 4.78 is 0. The van der Waals surface area contributed by atoms with Crippen LogP contribution in [0.5, 0.6) is 0 Å². The van der Waals surface area contributed by atoms with Gasteiger partial charge in [0.2, 0.25) is 0 Å². The first kappa shape index (κ1) is 26.0. The number of hydrogen-bond acceptors (Lipinski definition) is 1. The fourth-order valence-corrected chi connectivity index (χ4v) is 3.81. The zero-order chi connectivity index (χ0) is 19.3. The average molecular weight is 368 g/mol. The van der Waals surface area contributed by atoms with Gasteiger partial charge in [0.05, 0.1) is 0 Å². The number of unbranched alkanes of at least 4 members (excludes halogenated alkanes) is 13. The van der Waals surface area contributed by atoms with E-state index in [9.17, 15) is 0 Å². The molecule has 0 radical (unpaired) electrons. The Morgan fingerprint density at radius 1 is 0.462 bits per heavy atom. The molecule has 0 aliphatic heterocycles. The van der Waals surface area contributed by atoms with Crippen LogP contribution in [0.25, 0.3) is 0 Å². The van der Waals surface area contributed by atoms with Gasteiger partial charge in [-0.15, -0.1) is 0 Å². The molecule has 1 heteroatoms. The summed E-state index contributed by atoms with van der Waals surface area (Å²) in [6, 6.07) is 0.